The number of aryl methyl sites for hydroxylation is 1. The van der Waals surface area contributed by atoms with E-state index in [1.165, 1.54) is 6.33 Å². The summed E-state index contributed by atoms with van der Waals surface area (Å²) >= 11 is 0. The van der Waals surface area contributed by atoms with Gasteiger partial charge in [-0.3, -0.25) is 0 Å². The van der Waals surface area contributed by atoms with Crippen LogP contribution < -0.4 is 11.1 Å². The largest absolute Gasteiger partial charge is 0.384 e. The van der Waals surface area contributed by atoms with Gasteiger partial charge in [-0.05, 0) is 24.6 Å². The minimum atomic E-state index is 0.400. The van der Waals surface area contributed by atoms with E-state index in [2.05, 4.69) is 21.4 Å². The molecule has 0 amide bonds. The van der Waals surface area contributed by atoms with Crippen molar-refractivity contribution < 1.29 is 0 Å². The third-order valence-electron chi connectivity index (χ3n) is 2.32. The molecule has 1 heterocycles. The Morgan fingerprint density at radius 2 is 2.12 bits per heavy atom. The number of nitrogens with zero attached hydrogens (tertiary/aromatic N) is 3. The van der Waals surface area contributed by atoms with E-state index in [9.17, 15) is 0 Å². The van der Waals surface area contributed by atoms with Crippen molar-refractivity contribution >= 4 is 17.3 Å². The lowest BCUT2D eigenvalue weighted by Gasteiger charge is -2.08. The molecule has 0 aliphatic rings. The molecule has 0 radical (unpaired) electrons. The molecule has 3 N–H and O–H groups in total. The normalized spacial score (nSPS) is 9.65. The first-order valence-electron chi connectivity index (χ1n) is 5.04. The summed E-state index contributed by atoms with van der Waals surface area (Å²) in [5.74, 6) is 1.01. The first kappa shape index (κ1) is 10.9. The molecular formula is C12H11N5. The molecule has 0 aliphatic heterocycles. The highest BCUT2D eigenvalue weighted by atomic mass is 15.0. The molecule has 0 atom stereocenters. The van der Waals surface area contributed by atoms with E-state index in [-0.39, 0.29) is 0 Å². The maximum Gasteiger partial charge on any atom is 0.135 e. The summed E-state index contributed by atoms with van der Waals surface area (Å²) in [4.78, 5) is 7.86. The Kier molecular flexibility index (Phi) is 2.88. The second-order valence-electron chi connectivity index (χ2n) is 3.59. The van der Waals surface area contributed by atoms with Crippen LogP contribution >= 0.6 is 0 Å². The summed E-state index contributed by atoms with van der Waals surface area (Å²) < 4.78 is 0. The van der Waals surface area contributed by atoms with Crippen LogP contribution in [0.4, 0.5) is 17.3 Å². The van der Waals surface area contributed by atoms with E-state index >= 15 is 0 Å². The predicted octanol–water partition coefficient (Wildman–Crippen LogP) is 1.98. The van der Waals surface area contributed by atoms with Gasteiger partial charge in [0.2, 0.25) is 0 Å². The highest BCUT2D eigenvalue weighted by Crippen LogP contribution is 2.20. The number of nitrogens with one attached hydrogen (secondary N) is 1. The van der Waals surface area contributed by atoms with E-state index in [0.717, 1.165) is 11.3 Å². The molecule has 0 bridgehead atoms. The average Bonchev–Trinajstić information content (AvgIpc) is 2.32. The molecule has 1 aromatic heterocycles. The van der Waals surface area contributed by atoms with Gasteiger partial charge in [0.05, 0.1) is 11.6 Å². The zero-order chi connectivity index (χ0) is 12.3. The quantitative estimate of drug-likeness (QED) is 0.815. The Morgan fingerprint density at radius 1 is 1.29 bits per heavy atom. The lowest BCUT2D eigenvalue weighted by atomic mass is 10.1. The van der Waals surface area contributed by atoms with Gasteiger partial charge in [0.15, 0.2) is 0 Å². The number of nitriles is 1. The van der Waals surface area contributed by atoms with Gasteiger partial charge in [-0.2, -0.15) is 5.26 Å². The number of anilines is 3. The van der Waals surface area contributed by atoms with E-state index in [1.54, 1.807) is 18.2 Å². The van der Waals surface area contributed by atoms with E-state index < -0.39 is 0 Å². The molecule has 0 aliphatic carbocycles. The van der Waals surface area contributed by atoms with Crippen LogP contribution in [0.1, 0.15) is 11.1 Å². The molecule has 84 valence electrons. The predicted molar refractivity (Wildman–Crippen MR) is 65.6 cm³/mol. The Balaban J connectivity index is 2.33. The van der Waals surface area contributed by atoms with Gasteiger partial charge in [-0.1, -0.05) is 6.07 Å². The molecule has 17 heavy (non-hydrogen) atoms. The van der Waals surface area contributed by atoms with Crippen molar-refractivity contribution in [2.45, 2.75) is 6.92 Å². The van der Waals surface area contributed by atoms with E-state index in [1.807, 2.05) is 13.0 Å². The second-order valence-corrected chi connectivity index (χ2v) is 3.59. The first-order chi connectivity index (χ1) is 8.19. The topological polar surface area (TPSA) is 87.6 Å². The van der Waals surface area contributed by atoms with Crippen molar-refractivity contribution in [2.24, 2.45) is 0 Å². The summed E-state index contributed by atoms with van der Waals surface area (Å²) in [6, 6.07) is 9.16. The van der Waals surface area contributed by atoms with Crippen LogP contribution in [0.15, 0.2) is 30.6 Å². The minimum Gasteiger partial charge on any atom is -0.384 e. The van der Waals surface area contributed by atoms with Crippen LogP contribution in [0.25, 0.3) is 0 Å². The van der Waals surface area contributed by atoms with Gasteiger partial charge >= 0.3 is 0 Å². The van der Waals surface area contributed by atoms with E-state index in [0.29, 0.717) is 17.2 Å². The number of aromatic nitrogens is 2. The van der Waals surface area contributed by atoms with Gasteiger partial charge in [0.1, 0.15) is 18.0 Å². The summed E-state index contributed by atoms with van der Waals surface area (Å²) in [6.45, 7) is 1.95. The van der Waals surface area contributed by atoms with Crippen molar-refractivity contribution in [3.8, 4) is 6.07 Å². The van der Waals surface area contributed by atoms with Gasteiger partial charge < -0.3 is 11.1 Å². The third-order valence-corrected chi connectivity index (χ3v) is 2.32. The minimum absolute atomic E-state index is 0.400. The molecule has 0 saturated heterocycles. The van der Waals surface area contributed by atoms with Gasteiger partial charge in [-0.25, -0.2) is 9.97 Å². The first-order valence-corrected chi connectivity index (χ1v) is 5.04. The Hall–Kier alpha value is -2.61. The van der Waals surface area contributed by atoms with Crippen molar-refractivity contribution in [3.63, 3.8) is 0 Å². The Morgan fingerprint density at radius 3 is 2.82 bits per heavy atom. The summed E-state index contributed by atoms with van der Waals surface area (Å²) in [6.07, 6.45) is 1.39. The van der Waals surface area contributed by atoms with Crippen molar-refractivity contribution in [2.75, 3.05) is 11.1 Å². The maximum atomic E-state index is 8.84. The number of hydrogen-bond donors (Lipinski definition) is 2. The fraction of sp³-hybridized carbons (Fsp3) is 0.0833. The molecule has 0 spiro atoms. The van der Waals surface area contributed by atoms with Crippen molar-refractivity contribution in [3.05, 3.63) is 41.7 Å². The zero-order valence-corrected chi connectivity index (χ0v) is 9.31. The average molecular weight is 225 g/mol. The van der Waals surface area contributed by atoms with Gasteiger partial charge in [0.25, 0.3) is 0 Å². The van der Waals surface area contributed by atoms with Crippen LogP contribution in [-0.2, 0) is 0 Å². The SMILES string of the molecule is Cc1ccc(C#N)cc1Nc1cc(N)ncn1. The summed E-state index contributed by atoms with van der Waals surface area (Å²) in [5.41, 5.74) is 8.02. The molecule has 2 aromatic rings. The Bertz CT molecular complexity index is 586. The standard InChI is InChI=1S/C12H11N5/c1-8-2-3-9(6-13)4-10(8)17-12-5-11(14)15-7-16-12/h2-5,7H,1H3,(H3,14,15,16,17). The number of hydrogen-bond acceptors (Lipinski definition) is 5. The van der Waals surface area contributed by atoms with Crippen molar-refractivity contribution in [1.29, 1.82) is 5.26 Å². The van der Waals surface area contributed by atoms with Crippen molar-refractivity contribution in [1.82, 2.24) is 9.97 Å². The number of benzene rings is 1. The van der Waals surface area contributed by atoms with Crippen LogP contribution in [0.3, 0.4) is 0 Å². The molecule has 0 fully saturated rings. The van der Waals surface area contributed by atoms with Crippen LogP contribution in [-0.4, -0.2) is 9.97 Å². The van der Waals surface area contributed by atoms with Crippen LogP contribution in [0.2, 0.25) is 0 Å². The van der Waals surface area contributed by atoms with E-state index in [4.69, 9.17) is 11.0 Å². The lowest BCUT2D eigenvalue weighted by molar-refractivity contribution is 1.17. The van der Waals surface area contributed by atoms with Crippen LogP contribution in [0.5, 0.6) is 0 Å². The summed E-state index contributed by atoms with van der Waals surface area (Å²) in [7, 11) is 0. The zero-order valence-electron chi connectivity index (χ0n) is 9.31. The third kappa shape index (κ3) is 2.49. The van der Waals surface area contributed by atoms with Crippen LogP contribution in [0, 0.1) is 18.3 Å². The Labute approximate surface area is 98.9 Å². The molecule has 0 saturated carbocycles. The molecule has 1 aromatic carbocycles. The summed E-state index contributed by atoms with van der Waals surface area (Å²) in [5, 5.41) is 11.9. The number of nitrogens with two attached hydrogens (primary N) is 1. The fourth-order valence-corrected chi connectivity index (χ4v) is 1.40. The highest BCUT2D eigenvalue weighted by molar-refractivity contribution is 5.63. The molecule has 0 unspecified atom stereocenters. The number of nitrogen functional groups attached to an aromatic ring is 1. The smallest absolute Gasteiger partial charge is 0.135 e. The molecular weight excluding hydrogens is 214 g/mol. The monoisotopic (exact) mass is 225 g/mol. The highest BCUT2D eigenvalue weighted by Gasteiger charge is 2.02. The lowest BCUT2D eigenvalue weighted by Crippen LogP contribution is -1.99. The fourth-order valence-electron chi connectivity index (χ4n) is 1.40. The van der Waals surface area contributed by atoms with Gasteiger partial charge in [0, 0.05) is 11.8 Å². The molecule has 5 nitrogen and oxygen atoms in total. The maximum absolute atomic E-state index is 8.84. The van der Waals surface area contributed by atoms with Gasteiger partial charge in [-0.15, -0.1) is 0 Å². The number of rotatable bonds is 2. The molecule has 5 heteroatoms. The molecule has 2 rings (SSSR count). The second kappa shape index (κ2) is 4.49.